The van der Waals surface area contributed by atoms with Crippen LogP contribution in [0.15, 0.2) is 22.4 Å². The number of halogens is 1. The molecule has 0 atom stereocenters. The molecule has 1 aliphatic rings. The lowest BCUT2D eigenvalue weighted by molar-refractivity contribution is -0.136. The molecule has 2 N–H and O–H groups in total. The van der Waals surface area contributed by atoms with E-state index >= 15 is 0 Å². The van der Waals surface area contributed by atoms with Crippen molar-refractivity contribution in [1.82, 2.24) is 0 Å². The van der Waals surface area contributed by atoms with E-state index in [2.05, 4.69) is 0 Å². The summed E-state index contributed by atoms with van der Waals surface area (Å²) in [5, 5.41) is 17.9. The van der Waals surface area contributed by atoms with Crippen LogP contribution < -0.4 is 0 Å². The first-order chi connectivity index (χ1) is 6.09. The van der Waals surface area contributed by atoms with Gasteiger partial charge in [-0.25, -0.2) is 0 Å². The molecule has 0 aromatic rings. The molecule has 0 aliphatic heterocycles. The van der Waals surface area contributed by atoms with Crippen LogP contribution in [0, 0.1) is 0 Å². The third-order valence-corrected chi connectivity index (χ3v) is 2.28. The van der Waals surface area contributed by atoms with Gasteiger partial charge in [0, 0.05) is 12.8 Å². The molecule has 0 unspecified atom stereocenters. The summed E-state index contributed by atoms with van der Waals surface area (Å²) in [7, 11) is 0. The molecule has 0 radical (unpaired) electrons. The van der Waals surface area contributed by atoms with Gasteiger partial charge in [-0.05, 0) is 18.9 Å². The fourth-order valence-corrected chi connectivity index (χ4v) is 1.45. The highest BCUT2D eigenvalue weighted by Crippen LogP contribution is 2.26. The van der Waals surface area contributed by atoms with Crippen LogP contribution in [0.5, 0.6) is 0 Å². The van der Waals surface area contributed by atoms with E-state index in [1.54, 1.807) is 6.08 Å². The van der Waals surface area contributed by atoms with Gasteiger partial charge in [0.15, 0.2) is 0 Å². The molecular weight excluding hydrogens is 192 g/mol. The highest BCUT2D eigenvalue weighted by molar-refractivity contribution is 6.31. The number of allylic oxidation sites excluding steroid dienone is 4. The Morgan fingerprint density at radius 2 is 2.23 bits per heavy atom. The second-order valence-corrected chi connectivity index (χ2v) is 3.40. The topological polar surface area (TPSA) is 57.5 Å². The number of aliphatic carboxylic acids is 1. The Kier molecular flexibility index (Phi) is 3.37. The van der Waals surface area contributed by atoms with Crippen molar-refractivity contribution in [1.29, 1.82) is 0 Å². The standard InChI is InChI=1S/C9H11ClO3/c10-7-5-6(1-3-8(7)11)2-4-9(12)13/h5,11H,1-4H2,(H,12,13). The molecule has 1 rings (SSSR count). The van der Waals surface area contributed by atoms with Gasteiger partial charge in [0.05, 0.1) is 5.03 Å². The summed E-state index contributed by atoms with van der Waals surface area (Å²) < 4.78 is 0. The summed E-state index contributed by atoms with van der Waals surface area (Å²) in [5.41, 5.74) is 0.991. The highest BCUT2D eigenvalue weighted by atomic mass is 35.5. The van der Waals surface area contributed by atoms with Gasteiger partial charge in [0.2, 0.25) is 0 Å². The maximum atomic E-state index is 10.3. The Morgan fingerprint density at radius 3 is 2.77 bits per heavy atom. The van der Waals surface area contributed by atoms with Crippen molar-refractivity contribution in [3.05, 3.63) is 22.4 Å². The molecule has 0 aromatic carbocycles. The second kappa shape index (κ2) is 4.33. The number of hydrogen-bond acceptors (Lipinski definition) is 2. The largest absolute Gasteiger partial charge is 0.511 e. The molecule has 13 heavy (non-hydrogen) atoms. The fraction of sp³-hybridized carbons (Fsp3) is 0.444. The van der Waals surface area contributed by atoms with E-state index in [9.17, 15) is 4.79 Å². The number of hydrogen-bond donors (Lipinski definition) is 2. The minimum atomic E-state index is -0.809. The molecular formula is C9H11ClO3. The predicted molar refractivity (Wildman–Crippen MR) is 49.7 cm³/mol. The molecule has 0 heterocycles. The van der Waals surface area contributed by atoms with E-state index < -0.39 is 5.97 Å². The van der Waals surface area contributed by atoms with Crippen LogP contribution >= 0.6 is 11.6 Å². The number of rotatable bonds is 3. The Hall–Kier alpha value is -0.960. The van der Waals surface area contributed by atoms with Gasteiger partial charge < -0.3 is 10.2 Å². The van der Waals surface area contributed by atoms with Gasteiger partial charge >= 0.3 is 5.97 Å². The van der Waals surface area contributed by atoms with Crippen molar-refractivity contribution in [2.75, 3.05) is 0 Å². The lowest BCUT2D eigenvalue weighted by Gasteiger charge is -2.12. The zero-order valence-corrected chi connectivity index (χ0v) is 7.84. The predicted octanol–water partition coefficient (Wildman–Crippen LogP) is 2.58. The minimum absolute atomic E-state index is 0.122. The lowest BCUT2D eigenvalue weighted by atomic mass is 9.99. The summed E-state index contributed by atoms with van der Waals surface area (Å²) in [6.07, 6.45) is 3.51. The normalized spacial score (nSPS) is 17.2. The summed E-state index contributed by atoms with van der Waals surface area (Å²) >= 11 is 5.68. The van der Waals surface area contributed by atoms with Crippen molar-refractivity contribution in [2.45, 2.75) is 25.7 Å². The van der Waals surface area contributed by atoms with Crippen LogP contribution in [0.25, 0.3) is 0 Å². The van der Waals surface area contributed by atoms with Crippen LogP contribution in [0.2, 0.25) is 0 Å². The van der Waals surface area contributed by atoms with Crippen LogP contribution in [-0.2, 0) is 4.79 Å². The monoisotopic (exact) mass is 202 g/mol. The van der Waals surface area contributed by atoms with Crippen LogP contribution in [0.3, 0.4) is 0 Å². The number of aliphatic hydroxyl groups is 1. The van der Waals surface area contributed by atoms with Crippen molar-refractivity contribution in [3.8, 4) is 0 Å². The molecule has 0 saturated heterocycles. The number of carboxylic acids is 1. The van der Waals surface area contributed by atoms with Crippen LogP contribution in [-0.4, -0.2) is 16.2 Å². The maximum Gasteiger partial charge on any atom is 0.303 e. The van der Waals surface area contributed by atoms with Gasteiger partial charge in [-0.15, -0.1) is 0 Å². The summed E-state index contributed by atoms with van der Waals surface area (Å²) in [6, 6.07) is 0. The molecule has 0 aromatic heterocycles. The van der Waals surface area contributed by atoms with Crippen molar-refractivity contribution in [3.63, 3.8) is 0 Å². The number of aliphatic hydroxyl groups excluding tert-OH is 1. The third-order valence-electron chi connectivity index (χ3n) is 1.95. The molecule has 0 fully saturated rings. The zero-order valence-electron chi connectivity index (χ0n) is 7.09. The SMILES string of the molecule is O=C(O)CCC1=CC(Cl)=C(O)CC1. The van der Waals surface area contributed by atoms with Crippen molar-refractivity contribution >= 4 is 17.6 Å². The quantitative estimate of drug-likeness (QED) is 0.740. The first kappa shape index (κ1) is 10.1. The Balaban J connectivity index is 2.53. The molecule has 72 valence electrons. The van der Waals surface area contributed by atoms with Gasteiger partial charge in [-0.3, -0.25) is 4.79 Å². The van der Waals surface area contributed by atoms with Crippen molar-refractivity contribution < 1.29 is 15.0 Å². The average molecular weight is 203 g/mol. The Bertz CT molecular complexity index is 279. The maximum absolute atomic E-state index is 10.3. The van der Waals surface area contributed by atoms with Gasteiger partial charge in [0.25, 0.3) is 0 Å². The fourth-order valence-electron chi connectivity index (χ4n) is 1.20. The Labute approximate surface area is 81.3 Å². The lowest BCUT2D eigenvalue weighted by Crippen LogP contribution is -2.00. The number of carbonyl (C=O) groups is 1. The first-order valence-corrected chi connectivity index (χ1v) is 4.46. The van der Waals surface area contributed by atoms with Crippen LogP contribution in [0.4, 0.5) is 0 Å². The molecule has 0 saturated carbocycles. The smallest absolute Gasteiger partial charge is 0.303 e. The Morgan fingerprint density at radius 1 is 1.54 bits per heavy atom. The summed E-state index contributed by atoms with van der Waals surface area (Å²) in [4.78, 5) is 10.3. The molecule has 0 amide bonds. The average Bonchev–Trinajstić information content (AvgIpc) is 2.07. The van der Waals surface area contributed by atoms with E-state index in [1.165, 1.54) is 0 Å². The van der Waals surface area contributed by atoms with E-state index in [0.29, 0.717) is 24.3 Å². The molecule has 1 aliphatic carbocycles. The van der Waals surface area contributed by atoms with Gasteiger partial charge in [-0.1, -0.05) is 17.2 Å². The summed E-state index contributed by atoms with van der Waals surface area (Å²) in [6.45, 7) is 0. The number of carboxylic acid groups (broad SMARTS) is 1. The van der Waals surface area contributed by atoms with Gasteiger partial charge in [0.1, 0.15) is 5.76 Å². The van der Waals surface area contributed by atoms with E-state index in [-0.39, 0.29) is 12.2 Å². The van der Waals surface area contributed by atoms with Crippen LogP contribution in [0.1, 0.15) is 25.7 Å². The highest BCUT2D eigenvalue weighted by Gasteiger charge is 2.11. The van der Waals surface area contributed by atoms with E-state index in [0.717, 1.165) is 5.57 Å². The summed E-state index contributed by atoms with van der Waals surface area (Å²) in [5.74, 6) is -0.614. The zero-order chi connectivity index (χ0) is 9.84. The molecule has 4 heteroatoms. The van der Waals surface area contributed by atoms with Gasteiger partial charge in [-0.2, -0.15) is 0 Å². The second-order valence-electron chi connectivity index (χ2n) is 2.99. The van der Waals surface area contributed by atoms with E-state index in [1.807, 2.05) is 0 Å². The van der Waals surface area contributed by atoms with Crippen molar-refractivity contribution in [2.24, 2.45) is 0 Å². The molecule has 0 spiro atoms. The third kappa shape index (κ3) is 3.11. The molecule has 3 nitrogen and oxygen atoms in total. The van der Waals surface area contributed by atoms with E-state index in [4.69, 9.17) is 21.8 Å². The molecule has 0 bridgehead atoms. The minimum Gasteiger partial charge on any atom is -0.511 e. The first-order valence-electron chi connectivity index (χ1n) is 4.08.